The smallest absolute Gasteiger partial charge is 0.395 e. The summed E-state index contributed by atoms with van der Waals surface area (Å²) >= 11 is 5.60. The van der Waals surface area contributed by atoms with Crippen LogP contribution >= 0.6 is 20.3 Å². The summed E-state index contributed by atoms with van der Waals surface area (Å²) in [7, 11) is -0.361. The minimum absolute atomic E-state index is 0.361. The van der Waals surface area contributed by atoms with Gasteiger partial charge in [-0.05, 0) is 18.2 Å². The molecule has 0 atom stereocenters. The van der Waals surface area contributed by atoms with Crippen LogP contribution in [0.2, 0.25) is 5.02 Å². The first-order valence-corrected chi connectivity index (χ1v) is 3.69. The van der Waals surface area contributed by atoms with E-state index in [0.29, 0.717) is 10.8 Å². The van der Waals surface area contributed by atoms with E-state index < -0.39 is 0 Å². The number of hydrogen-bond donors (Lipinski definition) is 0. The molecule has 10 heavy (non-hydrogen) atoms. The fourth-order valence-electron chi connectivity index (χ4n) is 0.567. The number of rotatable bonds is 2. The molecule has 0 saturated carbocycles. The second-order valence-corrected chi connectivity index (χ2v) is 2.39. The van der Waals surface area contributed by atoms with Crippen LogP contribution in [-0.4, -0.2) is 0 Å². The first-order valence-electron chi connectivity index (χ1n) is 2.58. The van der Waals surface area contributed by atoms with Crippen molar-refractivity contribution in [1.82, 2.24) is 0 Å². The van der Waals surface area contributed by atoms with E-state index >= 15 is 0 Å². The van der Waals surface area contributed by atoms with Gasteiger partial charge in [-0.3, -0.25) is 0 Å². The lowest BCUT2D eigenvalue weighted by Gasteiger charge is -1.93. The van der Waals surface area contributed by atoms with Crippen LogP contribution in [0, 0.1) is 0 Å². The third kappa shape index (κ3) is 1.98. The van der Waals surface area contributed by atoms with E-state index in [1.807, 2.05) is 0 Å². The highest BCUT2D eigenvalue weighted by atomic mass is 35.5. The predicted octanol–water partition coefficient (Wildman–Crippen LogP) is 2.93. The summed E-state index contributed by atoms with van der Waals surface area (Å²) in [6.45, 7) is 0. The Morgan fingerprint density at radius 3 is 2.90 bits per heavy atom. The molecule has 2 nitrogen and oxygen atoms in total. The van der Waals surface area contributed by atoms with Gasteiger partial charge >= 0.3 is 8.69 Å². The van der Waals surface area contributed by atoms with Crippen molar-refractivity contribution in [2.75, 3.05) is 0 Å². The van der Waals surface area contributed by atoms with Crippen molar-refractivity contribution in [3.63, 3.8) is 0 Å². The van der Waals surface area contributed by atoms with Gasteiger partial charge in [-0.1, -0.05) is 17.7 Å². The molecule has 4 heteroatoms. The molecule has 0 aliphatic heterocycles. The standard InChI is InChI=1S/C6H4ClO2P/c7-5-2-1-3-6(4-5)9-10-8/h1-4H. The van der Waals surface area contributed by atoms with Gasteiger partial charge in [0.05, 0.1) is 0 Å². The summed E-state index contributed by atoms with van der Waals surface area (Å²) in [5, 5.41) is 0.571. The topological polar surface area (TPSA) is 26.3 Å². The third-order valence-electron chi connectivity index (χ3n) is 0.939. The van der Waals surface area contributed by atoms with Gasteiger partial charge in [-0.2, -0.15) is 0 Å². The van der Waals surface area contributed by atoms with E-state index in [4.69, 9.17) is 11.6 Å². The molecule has 1 aromatic rings. The van der Waals surface area contributed by atoms with Gasteiger partial charge in [0.15, 0.2) is 0 Å². The van der Waals surface area contributed by atoms with Gasteiger partial charge < -0.3 is 4.52 Å². The Balaban J connectivity index is 2.84. The van der Waals surface area contributed by atoms with Gasteiger partial charge in [0.1, 0.15) is 5.75 Å². The third-order valence-corrected chi connectivity index (χ3v) is 1.46. The van der Waals surface area contributed by atoms with Crippen molar-refractivity contribution in [2.45, 2.75) is 0 Å². The van der Waals surface area contributed by atoms with Crippen molar-refractivity contribution in [2.24, 2.45) is 0 Å². The highest BCUT2D eigenvalue weighted by Gasteiger charge is 1.92. The zero-order valence-corrected chi connectivity index (χ0v) is 6.60. The van der Waals surface area contributed by atoms with Gasteiger partial charge in [0.2, 0.25) is 0 Å². The molecule has 0 aliphatic carbocycles. The average Bonchev–Trinajstić information content (AvgIpc) is 1.88. The summed E-state index contributed by atoms with van der Waals surface area (Å²) in [5.74, 6) is 0.504. The van der Waals surface area contributed by atoms with Gasteiger partial charge in [-0.25, -0.2) is 4.57 Å². The minimum atomic E-state index is -0.361. The molecule has 0 saturated heterocycles. The molecule has 0 spiro atoms. The molecular weight excluding hydrogens is 170 g/mol. The molecule has 0 bridgehead atoms. The van der Waals surface area contributed by atoms with Crippen LogP contribution in [0.1, 0.15) is 0 Å². The molecule has 0 unspecified atom stereocenters. The fourth-order valence-corrected chi connectivity index (χ4v) is 0.947. The molecular formula is C6H4ClO2P. The first-order chi connectivity index (χ1) is 4.83. The number of halogens is 1. The van der Waals surface area contributed by atoms with Gasteiger partial charge in [-0.15, -0.1) is 0 Å². The van der Waals surface area contributed by atoms with E-state index in [9.17, 15) is 4.57 Å². The van der Waals surface area contributed by atoms with E-state index in [2.05, 4.69) is 4.52 Å². The molecule has 0 aliphatic rings. The Bertz CT molecular complexity index is 239. The Kier molecular flexibility index (Phi) is 2.67. The molecule has 0 radical (unpaired) electrons. The van der Waals surface area contributed by atoms with Crippen LogP contribution in [0.4, 0.5) is 0 Å². The van der Waals surface area contributed by atoms with Crippen LogP contribution in [0.3, 0.4) is 0 Å². The molecule has 0 amide bonds. The molecule has 0 N–H and O–H groups in total. The lowest BCUT2D eigenvalue weighted by molar-refractivity contribution is 0.525. The fraction of sp³-hybridized carbons (Fsp3) is 0. The zero-order valence-electron chi connectivity index (χ0n) is 4.95. The SMILES string of the molecule is O=POc1cccc(Cl)c1. The number of hydrogen-bond acceptors (Lipinski definition) is 2. The maximum atomic E-state index is 9.92. The predicted molar refractivity (Wildman–Crippen MR) is 39.7 cm³/mol. The molecule has 0 aromatic heterocycles. The minimum Gasteiger partial charge on any atom is -0.408 e. The van der Waals surface area contributed by atoms with Gasteiger partial charge in [0, 0.05) is 5.02 Å². The summed E-state index contributed by atoms with van der Waals surface area (Å²) in [5.41, 5.74) is 0. The van der Waals surface area contributed by atoms with Crippen LogP contribution in [0.15, 0.2) is 24.3 Å². The molecule has 52 valence electrons. The second kappa shape index (κ2) is 3.55. The van der Waals surface area contributed by atoms with Crippen LogP contribution < -0.4 is 4.52 Å². The molecule has 1 rings (SSSR count). The lowest BCUT2D eigenvalue weighted by Crippen LogP contribution is -1.72. The van der Waals surface area contributed by atoms with E-state index in [-0.39, 0.29) is 8.69 Å². The van der Waals surface area contributed by atoms with Crippen LogP contribution in [0.25, 0.3) is 0 Å². The maximum Gasteiger partial charge on any atom is 0.395 e. The van der Waals surface area contributed by atoms with E-state index in [1.165, 1.54) is 0 Å². The van der Waals surface area contributed by atoms with Crippen molar-refractivity contribution in [1.29, 1.82) is 0 Å². The second-order valence-electron chi connectivity index (χ2n) is 1.62. The largest absolute Gasteiger partial charge is 0.408 e. The van der Waals surface area contributed by atoms with Crippen molar-refractivity contribution in [3.8, 4) is 5.75 Å². The van der Waals surface area contributed by atoms with Crippen molar-refractivity contribution >= 4 is 20.3 Å². The maximum absolute atomic E-state index is 9.92. The number of benzene rings is 1. The Morgan fingerprint density at radius 2 is 2.30 bits per heavy atom. The summed E-state index contributed by atoms with van der Waals surface area (Å²) in [4.78, 5) is 0. The first kappa shape index (κ1) is 7.52. The lowest BCUT2D eigenvalue weighted by atomic mass is 10.3. The Hall–Kier alpha value is -0.590. The van der Waals surface area contributed by atoms with E-state index in [0.717, 1.165) is 0 Å². The van der Waals surface area contributed by atoms with Gasteiger partial charge in [0.25, 0.3) is 0 Å². The van der Waals surface area contributed by atoms with Crippen molar-refractivity contribution < 1.29 is 9.09 Å². The molecule has 0 heterocycles. The summed E-state index contributed by atoms with van der Waals surface area (Å²) in [6.07, 6.45) is 0. The zero-order chi connectivity index (χ0) is 7.40. The van der Waals surface area contributed by atoms with Crippen molar-refractivity contribution in [3.05, 3.63) is 29.3 Å². The van der Waals surface area contributed by atoms with Crippen LogP contribution in [0.5, 0.6) is 5.75 Å². The summed E-state index contributed by atoms with van der Waals surface area (Å²) in [6, 6.07) is 6.71. The normalized spacial score (nSPS) is 9.70. The Labute approximate surface area is 65.1 Å². The molecule has 1 aromatic carbocycles. The van der Waals surface area contributed by atoms with Crippen LogP contribution in [-0.2, 0) is 4.57 Å². The Morgan fingerprint density at radius 1 is 1.50 bits per heavy atom. The quantitative estimate of drug-likeness (QED) is 0.645. The summed E-state index contributed by atoms with van der Waals surface area (Å²) < 4.78 is 14.5. The highest BCUT2D eigenvalue weighted by Crippen LogP contribution is 2.19. The average molecular weight is 175 g/mol. The van der Waals surface area contributed by atoms with E-state index in [1.54, 1.807) is 24.3 Å². The monoisotopic (exact) mass is 174 g/mol. The highest BCUT2D eigenvalue weighted by molar-refractivity contribution is 7.17. The molecule has 0 fully saturated rings.